The molecule has 2 saturated heterocycles. The molecular formula is C20H20FN3O4. The van der Waals surface area contributed by atoms with Crippen molar-refractivity contribution in [2.24, 2.45) is 11.3 Å². The van der Waals surface area contributed by atoms with Gasteiger partial charge in [0, 0.05) is 42.0 Å². The molecule has 1 atom stereocenters. The summed E-state index contributed by atoms with van der Waals surface area (Å²) in [6.45, 7) is 1.47. The molecule has 0 radical (unpaired) electrons. The Morgan fingerprint density at radius 2 is 1.93 bits per heavy atom. The van der Waals surface area contributed by atoms with Crippen molar-refractivity contribution in [3.05, 3.63) is 29.1 Å². The highest BCUT2D eigenvalue weighted by molar-refractivity contribution is 6.05. The maximum absolute atomic E-state index is 15.2. The molecule has 5 rings (SSSR count). The molecular weight excluding hydrogens is 365 g/mol. The minimum atomic E-state index is -0.747. The van der Waals surface area contributed by atoms with Crippen molar-refractivity contribution in [1.29, 1.82) is 0 Å². The lowest BCUT2D eigenvalue weighted by Crippen LogP contribution is -2.62. The second-order valence-electron chi connectivity index (χ2n) is 8.49. The Morgan fingerprint density at radius 1 is 1.18 bits per heavy atom. The van der Waals surface area contributed by atoms with Gasteiger partial charge in [-0.3, -0.25) is 19.7 Å². The minimum absolute atomic E-state index is 0.0340. The van der Waals surface area contributed by atoms with Crippen LogP contribution in [0.1, 0.15) is 41.6 Å². The summed E-state index contributed by atoms with van der Waals surface area (Å²) in [6.07, 6.45) is 3.15. The van der Waals surface area contributed by atoms with Gasteiger partial charge in [0.2, 0.25) is 11.8 Å². The van der Waals surface area contributed by atoms with Gasteiger partial charge in [-0.15, -0.1) is 0 Å². The van der Waals surface area contributed by atoms with E-state index >= 15 is 4.39 Å². The third-order valence-electron chi connectivity index (χ3n) is 6.60. The first kappa shape index (κ1) is 17.3. The van der Waals surface area contributed by atoms with Crippen LogP contribution >= 0.6 is 0 Å². The summed E-state index contributed by atoms with van der Waals surface area (Å²) in [5, 5.41) is 2.25. The van der Waals surface area contributed by atoms with Gasteiger partial charge in [-0.25, -0.2) is 4.39 Å². The van der Waals surface area contributed by atoms with Crippen molar-refractivity contribution in [2.75, 3.05) is 18.0 Å². The molecule has 0 bridgehead atoms. The van der Waals surface area contributed by atoms with Gasteiger partial charge in [0.25, 0.3) is 5.91 Å². The second-order valence-corrected chi connectivity index (χ2v) is 8.49. The molecule has 3 heterocycles. The van der Waals surface area contributed by atoms with Crippen molar-refractivity contribution in [1.82, 2.24) is 10.2 Å². The third kappa shape index (κ3) is 2.40. The van der Waals surface area contributed by atoms with Gasteiger partial charge in [0.1, 0.15) is 12.3 Å². The molecule has 3 fully saturated rings. The number of carbonyl (C=O) groups is 4. The first-order chi connectivity index (χ1) is 13.4. The van der Waals surface area contributed by atoms with Crippen molar-refractivity contribution in [2.45, 2.75) is 38.3 Å². The fourth-order valence-corrected chi connectivity index (χ4v) is 5.18. The normalized spacial score (nSPS) is 26.0. The SMILES string of the molecule is O=CC1CC2(C1)CN(c1ccc3c(c1F)CN(C1CCC(=O)NC1=O)C3=O)C2. The van der Waals surface area contributed by atoms with Crippen LogP contribution in [-0.2, 0) is 20.9 Å². The largest absolute Gasteiger partial charge is 0.368 e. The summed E-state index contributed by atoms with van der Waals surface area (Å²) < 4.78 is 15.2. The lowest BCUT2D eigenvalue weighted by molar-refractivity contribution is -0.137. The number of nitrogens with one attached hydrogen (secondary N) is 1. The first-order valence-electron chi connectivity index (χ1n) is 9.57. The van der Waals surface area contributed by atoms with Crippen LogP contribution in [0.5, 0.6) is 0 Å². The number of halogens is 1. The van der Waals surface area contributed by atoms with E-state index in [2.05, 4.69) is 5.32 Å². The summed E-state index contributed by atoms with van der Waals surface area (Å²) in [7, 11) is 0. The Morgan fingerprint density at radius 3 is 2.61 bits per heavy atom. The van der Waals surface area contributed by atoms with Crippen LogP contribution in [0.25, 0.3) is 0 Å². The molecule has 3 amide bonds. The summed E-state index contributed by atoms with van der Waals surface area (Å²) in [5.74, 6) is -1.51. The summed E-state index contributed by atoms with van der Waals surface area (Å²) in [4.78, 5) is 50.3. The summed E-state index contributed by atoms with van der Waals surface area (Å²) >= 11 is 0. The maximum atomic E-state index is 15.2. The molecule has 1 aliphatic carbocycles. The van der Waals surface area contributed by atoms with Gasteiger partial charge in [0.05, 0.1) is 12.2 Å². The monoisotopic (exact) mass is 385 g/mol. The molecule has 0 aromatic heterocycles. The molecule has 8 heteroatoms. The van der Waals surface area contributed by atoms with E-state index in [0.717, 1.165) is 32.2 Å². The number of carbonyl (C=O) groups excluding carboxylic acids is 4. The Labute approximate surface area is 160 Å². The van der Waals surface area contributed by atoms with Gasteiger partial charge < -0.3 is 14.6 Å². The number of piperidine rings is 1. The number of imide groups is 1. The lowest BCUT2D eigenvalue weighted by atomic mass is 9.58. The quantitative estimate of drug-likeness (QED) is 0.620. The van der Waals surface area contributed by atoms with Crippen LogP contribution in [-0.4, -0.2) is 48.0 Å². The fraction of sp³-hybridized carbons (Fsp3) is 0.500. The molecule has 1 aromatic rings. The molecule has 1 saturated carbocycles. The van der Waals surface area contributed by atoms with Gasteiger partial charge in [-0.1, -0.05) is 0 Å². The van der Waals surface area contributed by atoms with E-state index in [1.807, 2.05) is 4.90 Å². The van der Waals surface area contributed by atoms with E-state index in [9.17, 15) is 19.2 Å². The predicted molar refractivity (Wildman–Crippen MR) is 95.9 cm³/mol. The lowest BCUT2D eigenvalue weighted by Gasteiger charge is -2.59. The zero-order valence-electron chi connectivity index (χ0n) is 15.2. The number of fused-ring (bicyclic) bond motifs is 1. The molecule has 1 unspecified atom stereocenters. The molecule has 4 aliphatic rings. The average molecular weight is 385 g/mol. The van der Waals surface area contributed by atoms with Crippen molar-refractivity contribution in [3.8, 4) is 0 Å². The standard InChI is InChI=1S/C20H20FN3O4/c21-17-13-7-24(15-3-4-16(26)22-18(15)27)19(28)12(13)1-2-14(17)23-9-20(10-23)5-11(6-20)8-25/h1-2,8,11,15H,3-7,9-10H2,(H,22,26,27). The van der Waals surface area contributed by atoms with Crippen LogP contribution < -0.4 is 10.2 Å². The topological polar surface area (TPSA) is 86.8 Å². The molecule has 7 nitrogen and oxygen atoms in total. The van der Waals surface area contributed by atoms with Crippen LogP contribution in [0.4, 0.5) is 10.1 Å². The van der Waals surface area contributed by atoms with Crippen molar-refractivity contribution in [3.63, 3.8) is 0 Å². The number of benzene rings is 1. The second kappa shape index (κ2) is 5.86. The third-order valence-corrected chi connectivity index (χ3v) is 6.60. The Bertz CT molecular complexity index is 916. The molecule has 1 spiro atoms. The van der Waals surface area contributed by atoms with E-state index in [4.69, 9.17) is 0 Å². The van der Waals surface area contributed by atoms with Crippen LogP contribution in [0.15, 0.2) is 12.1 Å². The molecule has 28 heavy (non-hydrogen) atoms. The number of hydrogen-bond acceptors (Lipinski definition) is 5. The zero-order valence-corrected chi connectivity index (χ0v) is 15.2. The summed E-state index contributed by atoms with van der Waals surface area (Å²) in [5.41, 5.74) is 1.20. The highest BCUT2D eigenvalue weighted by Crippen LogP contribution is 2.52. The predicted octanol–water partition coefficient (Wildman–Crippen LogP) is 1.00. The number of anilines is 1. The van der Waals surface area contributed by atoms with Crippen LogP contribution in [0.2, 0.25) is 0 Å². The van der Waals surface area contributed by atoms with E-state index < -0.39 is 17.8 Å². The van der Waals surface area contributed by atoms with E-state index in [0.29, 0.717) is 11.3 Å². The van der Waals surface area contributed by atoms with E-state index in [1.54, 1.807) is 12.1 Å². The van der Waals surface area contributed by atoms with E-state index in [1.165, 1.54) is 4.90 Å². The number of aldehydes is 1. The number of hydrogen-bond donors (Lipinski definition) is 1. The molecule has 1 aromatic carbocycles. The van der Waals surface area contributed by atoms with Crippen molar-refractivity contribution >= 4 is 29.7 Å². The van der Waals surface area contributed by atoms with E-state index in [-0.39, 0.29) is 48.1 Å². The number of rotatable bonds is 3. The highest BCUT2D eigenvalue weighted by Gasteiger charge is 2.53. The van der Waals surface area contributed by atoms with Gasteiger partial charge in [0.15, 0.2) is 5.82 Å². The number of nitrogens with zero attached hydrogens (tertiary/aromatic N) is 2. The van der Waals surface area contributed by atoms with Crippen LogP contribution in [0, 0.1) is 17.2 Å². The van der Waals surface area contributed by atoms with Gasteiger partial charge in [-0.05, 0) is 31.4 Å². The first-order valence-corrected chi connectivity index (χ1v) is 9.57. The Hall–Kier alpha value is -2.77. The Kier molecular flexibility index (Phi) is 3.63. The average Bonchev–Trinajstić information content (AvgIpc) is 2.92. The van der Waals surface area contributed by atoms with Crippen LogP contribution in [0.3, 0.4) is 0 Å². The molecule has 146 valence electrons. The maximum Gasteiger partial charge on any atom is 0.255 e. The van der Waals surface area contributed by atoms with Gasteiger partial charge in [-0.2, -0.15) is 0 Å². The Balaban J connectivity index is 1.34. The molecule has 3 aliphatic heterocycles. The van der Waals surface area contributed by atoms with Crippen molar-refractivity contribution < 1.29 is 23.6 Å². The fourth-order valence-electron chi connectivity index (χ4n) is 5.18. The summed E-state index contributed by atoms with van der Waals surface area (Å²) in [6, 6.07) is 2.51. The molecule has 1 N–H and O–H groups in total. The smallest absolute Gasteiger partial charge is 0.255 e. The number of amides is 3. The zero-order chi connectivity index (χ0) is 19.6. The highest BCUT2D eigenvalue weighted by atomic mass is 19.1. The minimum Gasteiger partial charge on any atom is -0.368 e. The van der Waals surface area contributed by atoms with Gasteiger partial charge >= 0.3 is 0 Å².